The van der Waals surface area contributed by atoms with Gasteiger partial charge in [0, 0.05) is 41.3 Å². The van der Waals surface area contributed by atoms with Crippen molar-refractivity contribution in [1.82, 2.24) is 0 Å². The summed E-state index contributed by atoms with van der Waals surface area (Å²) in [5, 5.41) is 22.9. The molecule has 4 aromatic carbocycles. The number of rotatable bonds is 3. The van der Waals surface area contributed by atoms with Crippen LogP contribution in [0.4, 0.5) is 17.1 Å². The molecule has 0 radical (unpaired) electrons. The van der Waals surface area contributed by atoms with E-state index in [9.17, 15) is 5.11 Å². The lowest BCUT2D eigenvalue weighted by Crippen LogP contribution is -2.07. The number of phenolic OH excluding ortho intramolecular Hbond substituents is 1. The fraction of sp³-hybridized carbons (Fsp3) is 0.0909. The first kappa shape index (κ1) is 16.1. The molecule has 4 rings (SSSR count). The molecule has 0 aliphatic rings. The van der Waals surface area contributed by atoms with Crippen molar-refractivity contribution in [3.8, 4) is 5.75 Å². The van der Waals surface area contributed by atoms with E-state index < -0.39 is 0 Å². The molecule has 128 valence electrons. The minimum atomic E-state index is 0.283. The standard InChI is InChI=1S/C22H19N3O/c1-25(2)16-13-11-15(12-14-16)23-24-21-17-7-3-5-9-19(17)22(26)20-10-6-4-8-18(20)21/h3-14,26H,1-2H3. The summed E-state index contributed by atoms with van der Waals surface area (Å²) in [6.45, 7) is 0. The average molecular weight is 341 g/mol. The SMILES string of the molecule is CN(C)c1ccc(N=Nc2c3ccccc3c(O)c3ccccc23)cc1. The van der Waals surface area contributed by atoms with Crippen molar-refractivity contribution in [3.05, 3.63) is 72.8 Å². The van der Waals surface area contributed by atoms with E-state index in [4.69, 9.17) is 0 Å². The Balaban J connectivity index is 1.88. The molecule has 0 unspecified atom stereocenters. The number of phenols is 1. The van der Waals surface area contributed by atoms with Crippen LogP contribution in [0.15, 0.2) is 83.0 Å². The van der Waals surface area contributed by atoms with Crippen LogP contribution in [0, 0.1) is 0 Å². The quantitative estimate of drug-likeness (QED) is 0.357. The number of hydrogen-bond acceptors (Lipinski definition) is 4. The first-order chi connectivity index (χ1) is 12.6. The predicted molar refractivity (Wildman–Crippen MR) is 108 cm³/mol. The number of azo groups is 1. The molecule has 0 heterocycles. The average Bonchev–Trinajstić information content (AvgIpc) is 2.68. The number of fused-ring (bicyclic) bond motifs is 2. The van der Waals surface area contributed by atoms with E-state index >= 15 is 0 Å². The fourth-order valence-electron chi connectivity index (χ4n) is 3.12. The Morgan fingerprint density at radius 2 is 1.15 bits per heavy atom. The van der Waals surface area contributed by atoms with Gasteiger partial charge in [-0.15, -0.1) is 5.11 Å². The summed E-state index contributed by atoms with van der Waals surface area (Å²) in [7, 11) is 4.01. The first-order valence-corrected chi connectivity index (χ1v) is 8.46. The van der Waals surface area contributed by atoms with Crippen molar-refractivity contribution in [2.24, 2.45) is 10.2 Å². The van der Waals surface area contributed by atoms with Crippen LogP contribution >= 0.6 is 0 Å². The van der Waals surface area contributed by atoms with Gasteiger partial charge in [0.1, 0.15) is 11.4 Å². The zero-order valence-electron chi connectivity index (χ0n) is 14.7. The lowest BCUT2D eigenvalue weighted by molar-refractivity contribution is 0.488. The Morgan fingerprint density at radius 1 is 0.654 bits per heavy atom. The molecule has 26 heavy (non-hydrogen) atoms. The van der Waals surface area contributed by atoms with Gasteiger partial charge in [-0.25, -0.2) is 0 Å². The molecule has 0 aliphatic heterocycles. The first-order valence-electron chi connectivity index (χ1n) is 8.46. The fourth-order valence-corrected chi connectivity index (χ4v) is 3.12. The minimum absolute atomic E-state index is 0.283. The Bertz CT molecular complexity index is 1060. The van der Waals surface area contributed by atoms with Crippen molar-refractivity contribution < 1.29 is 5.11 Å². The molecule has 0 fully saturated rings. The lowest BCUT2D eigenvalue weighted by Gasteiger charge is -2.11. The Morgan fingerprint density at radius 3 is 1.65 bits per heavy atom. The van der Waals surface area contributed by atoms with Crippen LogP contribution in [0.2, 0.25) is 0 Å². The maximum absolute atomic E-state index is 10.6. The monoisotopic (exact) mass is 341 g/mol. The zero-order valence-corrected chi connectivity index (χ0v) is 14.7. The number of aromatic hydroxyl groups is 1. The largest absolute Gasteiger partial charge is 0.507 e. The lowest BCUT2D eigenvalue weighted by atomic mass is 10.00. The molecule has 0 aliphatic carbocycles. The second-order valence-corrected chi connectivity index (χ2v) is 6.40. The second-order valence-electron chi connectivity index (χ2n) is 6.40. The summed E-state index contributed by atoms with van der Waals surface area (Å²) in [4.78, 5) is 2.04. The summed E-state index contributed by atoms with van der Waals surface area (Å²) in [5.41, 5.74) is 2.67. The highest BCUT2D eigenvalue weighted by Gasteiger charge is 2.12. The molecule has 0 aromatic heterocycles. The van der Waals surface area contributed by atoms with Crippen molar-refractivity contribution in [2.75, 3.05) is 19.0 Å². The highest BCUT2D eigenvalue weighted by Crippen LogP contribution is 2.42. The van der Waals surface area contributed by atoms with Crippen LogP contribution in [-0.4, -0.2) is 19.2 Å². The second kappa shape index (κ2) is 6.48. The number of hydrogen-bond donors (Lipinski definition) is 1. The van der Waals surface area contributed by atoms with Gasteiger partial charge >= 0.3 is 0 Å². The highest BCUT2D eigenvalue weighted by molar-refractivity contribution is 6.14. The summed E-state index contributed by atoms with van der Waals surface area (Å²) < 4.78 is 0. The van der Waals surface area contributed by atoms with Crippen molar-refractivity contribution in [3.63, 3.8) is 0 Å². The zero-order chi connectivity index (χ0) is 18.1. The van der Waals surface area contributed by atoms with Crippen molar-refractivity contribution in [2.45, 2.75) is 0 Å². The molecule has 0 saturated carbocycles. The van der Waals surface area contributed by atoms with E-state index in [1.165, 1.54) is 0 Å². The molecule has 1 N–H and O–H groups in total. The highest BCUT2D eigenvalue weighted by atomic mass is 16.3. The topological polar surface area (TPSA) is 48.2 Å². The van der Waals surface area contributed by atoms with E-state index in [2.05, 4.69) is 10.2 Å². The van der Waals surface area contributed by atoms with Crippen LogP contribution < -0.4 is 4.90 Å². The molecular formula is C22H19N3O. The minimum Gasteiger partial charge on any atom is -0.507 e. The van der Waals surface area contributed by atoms with E-state index in [1.807, 2.05) is 91.8 Å². The third kappa shape index (κ3) is 2.75. The van der Waals surface area contributed by atoms with Gasteiger partial charge in [-0.2, -0.15) is 5.11 Å². The molecule has 0 spiro atoms. The molecule has 0 atom stereocenters. The smallest absolute Gasteiger partial charge is 0.131 e. The van der Waals surface area contributed by atoms with Crippen molar-refractivity contribution >= 4 is 38.6 Å². The van der Waals surface area contributed by atoms with Gasteiger partial charge in [-0.1, -0.05) is 48.5 Å². The Hall–Kier alpha value is -3.40. The normalized spacial score (nSPS) is 11.5. The van der Waals surface area contributed by atoms with Gasteiger partial charge in [0.05, 0.1) is 5.69 Å². The van der Waals surface area contributed by atoms with E-state index in [1.54, 1.807) is 0 Å². The van der Waals surface area contributed by atoms with Gasteiger partial charge in [0.25, 0.3) is 0 Å². The maximum atomic E-state index is 10.6. The third-order valence-electron chi connectivity index (χ3n) is 4.51. The maximum Gasteiger partial charge on any atom is 0.131 e. The number of anilines is 1. The van der Waals surface area contributed by atoms with Gasteiger partial charge in [-0.3, -0.25) is 0 Å². The number of benzene rings is 4. The molecule has 4 heteroatoms. The van der Waals surface area contributed by atoms with Gasteiger partial charge in [0.15, 0.2) is 0 Å². The molecule has 4 nitrogen and oxygen atoms in total. The van der Waals surface area contributed by atoms with Gasteiger partial charge in [-0.05, 0) is 24.3 Å². The molecule has 4 aromatic rings. The van der Waals surface area contributed by atoms with E-state index in [0.717, 1.165) is 38.6 Å². The van der Waals surface area contributed by atoms with Crippen LogP contribution in [0.3, 0.4) is 0 Å². The van der Waals surface area contributed by atoms with Crippen LogP contribution in [0.5, 0.6) is 5.75 Å². The Kier molecular flexibility index (Phi) is 4.01. The summed E-state index contributed by atoms with van der Waals surface area (Å²) in [6.07, 6.45) is 0. The summed E-state index contributed by atoms with van der Waals surface area (Å²) >= 11 is 0. The predicted octanol–water partition coefficient (Wildman–Crippen LogP) is 6.18. The summed E-state index contributed by atoms with van der Waals surface area (Å²) in [6, 6.07) is 23.4. The Labute approximate surface area is 152 Å². The van der Waals surface area contributed by atoms with E-state index in [0.29, 0.717) is 0 Å². The van der Waals surface area contributed by atoms with Crippen LogP contribution in [-0.2, 0) is 0 Å². The molecule has 0 bridgehead atoms. The van der Waals surface area contributed by atoms with Crippen LogP contribution in [0.1, 0.15) is 0 Å². The molecular weight excluding hydrogens is 322 g/mol. The van der Waals surface area contributed by atoms with Crippen LogP contribution in [0.25, 0.3) is 21.5 Å². The van der Waals surface area contributed by atoms with Crippen molar-refractivity contribution in [1.29, 1.82) is 0 Å². The third-order valence-corrected chi connectivity index (χ3v) is 4.51. The van der Waals surface area contributed by atoms with Gasteiger partial charge < -0.3 is 10.0 Å². The van der Waals surface area contributed by atoms with Gasteiger partial charge in [0.2, 0.25) is 0 Å². The molecule has 0 amide bonds. The number of nitrogens with zero attached hydrogens (tertiary/aromatic N) is 3. The van der Waals surface area contributed by atoms with E-state index in [-0.39, 0.29) is 5.75 Å². The summed E-state index contributed by atoms with van der Waals surface area (Å²) in [5.74, 6) is 0.283. The molecule has 0 saturated heterocycles.